The quantitative estimate of drug-likeness (QED) is 0.545. The molecule has 0 amide bonds. The molecule has 0 heterocycles. The van der Waals surface area contributed by atoms with Crippen molar-refractivity contribution in [3.05, 3.63) is 28.8 Å². The third kappa shape index (κ3) is 2.86. The Morgan fingerprint density at radius 2 is 2.04 bits per heavy atom. The molecule has 0 unspecified atom stereocenters. The van der Waals surface area contributed by atoms with E-state index in [4.69, 9.17) is 4.74 Å². The maximum absolute atomic E-state index is 11.6. The molecule has 0 bridgehead atoms. The lowest BCUT2D eigenvalue weighted by Crippen LogP contribution is -2.48. The molecule has 0 radical (unpaired) electrons. The summed E-state index contributed by atoms with van der Waals surface area (Å²) < 4.78 is 5.57. The molecular weight excluding hydrogens is 310 g/mol. The first-order valence-corrected chi connectivity index (χ1v) is 9.48. The molecule has 25 heavy (non-hydrogen) atoms. The minimum Gasteiger partial charge on any atom is -0.426 e. The lowest BCUT2D eigenvalue weighted by Gasteiger charge is -2.53. The molecule has 1 fully saturated rings. The van der Waals surface area contributed by atoms with E-state index in [1.807, 2.05) is 0 Å². The second-order valence-corrected chi connectivity index (χ2v) is 8.69. The lowest BCUT2D eigenvalue weighted by molar-refractivity contribution is -0.131. The Morgan fingerprint density at radius 1 is 1.32 bits per heavy atom. The van der Waals surface area contributed by atoms with E-state index >= 15 is 0 Å². The van der Waals surface area contributed by atoms with Crippen molar-refractivity contribution in [2.45, 2.75) is 78.1 Å². The highest BCUT2D eigenvalue weighted by Crippen LogP contribution is 2.57. The number of rotatable bonds is 2. The fourth-order valence-corrected chi connectivity index (χ4v) is 5.34. The molecule has 0 saturated heterocycles. The normalized spacial score (nSPS) is 31.0. The van der Waals surface area contributed by atoms with Crippen LogP contribution in [-0.4, -0.2) is 5.97 Å². The van der Waals surface area contributed by atoms with Crippen LogP contribution >= 0.6 is 0 Å². The Labute approximate surface area is 151 Å². The van der Waals surface area contributed by atoms with Gasteiger partial charge in [0.2, 0.25) is 0 Å². The molecule has 1 aromatic carbocycles. The Hall–Kier alpha value is -1.82. The molecule has 0 spiro atoms. The highest BCUT2D eigenvalue weighted by atomic mass is 16.5. The molecule has 3 atom stereocenters. The van der Waals surface area contributed by atoms with Gasteiger partial charge in [0.25, 0.3) is 0 Å². The highest BCUT2D eigenvalue weighted by Gasteiger charge is 2.52. The smallest absolute Gasteiger partial charge is 0.308 e. The largest absolute Gasteiger partial charge is 0.426 e. The summed E-state index contributed by atoms with van der Waals surface area (Å²) in [6.07, 6.45) is 5.23. The molecule has 3 rings (SSSR count). The zero-order valence-corrected chi connectivity index (χ0v) is 16.1. The van der Waals surface area contributed by atoms with Crippen LogP contribution < -0.4 is 4.74 Å². The summed E-state index contributed by atoms with van der Waals surface area (Å²) in [7, 11) is 0. The third-order valence-electron chi connectivity index (χ3n) is 6.61. The SMILES string of the molecule is CC(=O)Oc1cc2c(cc1C(C)C)CC[C@H]1[C@](C)(C#N)CCC[C@]21C. The van der Waals surface area contributed by atoms with Gasteiger partial charge in [-0.05, 0) is 72.6 Å². The Bertz CT molecular complexity index is 745. The average molecular weight is 339 g/mol. The summed E-state index contributed by atoms with van der Waals surface area (Å²) in [5, 5.41) is 9.82. The number of carbonyl (C=O) groups is 1. The van der Waals surface area contributed by atoms with Gasteiger partial charge in [-0.3, -0.25) is 4.79 Å². The number of fused-ring (bicyclic) bond motifs is 3. The Kier molecular flexibility index (Phi) is 4.43. The van der Waals surface area contributed by atoms with E-state index in [0.717, 1.165) is 37.7 Å². The van der Waals surface area contributed by atoms with Crippen LogP contribution in [-0.2, 0) is 16.6 Å². The second-order valence-electron chi connectivity index (χ2n) is 8.69. The van der Waals surface area contributed by atoms with Crippen molar-refractivity contribution in [1.29, 1.82) is 5.26 Å². The van der Waals surface area contributed by atoms with E-state index in [1.54, 1.807) is 0 Å². The zero-order valence-electron chi connectivity index (χ0n) is 16.1. The van der Waals surface area contributed by atoms with Crippen molar-refractivity contribution in [3.8, 4) is 11.8 Å². The molecule has 2 aliphatic rings. The summed E-state index contributed by atoms with van der Waals surface area (Å²) >= 11 is 0. The van der Waals surface area contributed by atoms with E-state index < -0.39 is 0 Å². The van der Waals surface area contributed by atoms with Gasteiger partial charge >= 0.3 is 5.97 Å². The monoisotopic (exact) mass is 339 g/mol. The van der Waals surface area contributed by atoms with Gasteiger partial charge in [0.1, 0.15) is 5.75 Å². The van der Waals surface area contributed by atoms with Crippen molar-refractivity contribution in [3.63, 3.8) is 0 Å². The van der Waals surface area contributed by atoms with Gasteiger partial charge in [0.15, 0.2) is 0 Å². The maximum Gasteiger partial charge on any atom is 0.308 e. The van der Waals surface area contributed by atoms with Crippen LogP contribution in [0.15, 0.2) is 12.1 Å². The number of hydrogen-bond acceptors (Lipinski definition) is 3. The zero-order chi connectivity index (χ0) is 18.4. The van der Waals surface area contributed by atoms with Gasteiger partial charge in [-0.2, -0.15) is 5.26 Å². The second kappa shape index (κ2) is 6.16. The maximum atomic E-state index is 11.6. The van der Waals surface area contributed by atoms with Crippen LogP contribution in [0.4, 0.5) is 0 Å². The first-order chi connectivity index (χ1) is 11.7. The van der Waals surface area contributed by atoms with Crippen molar-refractivity contribution in [2.75, 3.05) is 0 Å². The van der Waals surface area contributed by atoms with Crippen molar-refractivity contribution >= 4 is 5.97 Å². The van der Waals surface area contributed by atoms with Crippen molar-refractivity contribution in [2.24, 2.45) is 11.3 Å². The Balaban J connectivity index is 2.15. The van der Waals surface area contributed by atoms with Gasteiger partial charge in [0, 0.05) is 6.92 Å². The third-order valence-corrected chi connectivity index (χ3v) is 6.61. The number of nitriles is 1. The van der Waals surface area contributed by atoms with Crippen LogP contribution in [0.1, 0.15) is 82.9 Å². The molecule has 3 nitrogen and oxygen atoms in total. The lowest BCUT2D eigenvalue weighted by atomic mass is 9.50. The summed E-state index contributed by atoms with van der Waals surface area (Å²) in [6.45, 7) is 10.2. The number of nitrogens with zero attached hydrogens (tertiary/aromatic N) is 1. The summed E-state index contributed by atoms with van der Waals surface area (Å²) in [5.41, 5.74) is 3.50. The first-order valence-electron chi connectivity index (χ1n) is 9.48. The molecule has 0 N–H and O–H groups in total. The first kappa shape index (κ1) is 18.0. The molecule has 3 heteroatoms. The van der Waals surface area contributed by atoms with Gasteiger partial charge in [-0.25, -0.2) is 0 Å². The minimum atomic E-state index is -0.273. The number of ether oxygens (including phenoxy) is 1. The molecule has 0 aliphatic heterocycles. The van der Waals surface area contributed by atoms with Crippen LogP contribution in [0, 0.1) is 22.7 Å². The van der Waals surface area contributed by atoms with Gasteiger partial charge in [-0.15, -0.1) is 0 Å². The minimum absolute atomic E-state index is 0.0132. The van der Waals surface area contributed by atoms with Crippen molar-refractivity contribution < 1.29 is 9.53 Å². The van der Waals surface area contributed by atoms with Crippen LogP contribution in [0.2, 0.25) is 0 Å². The van der Waals surface area contributed by atoms with Gasteiger partial charge in [0.05, 0.1) is 11.5 Å². The van der Waals surface area contributed by atoms with Crippen LogP contribution in [0.25, 0.3) is 0 Å². The number of benzene rings is 1. The van der Waals surface area contributed by atoms with E-state index in [1.165, 1.54) is 18.1 Å². The van der Waals surface area contributed by atoms with Crippen LogP contribution in [0.3, 0.4) is 0 Å². The Morgan fingerprint density at radius 3 is 2.64 bits per heavy atom. The van der Waals surface area contributed by atoms with E-state index in [0.29, 0.717) is 17.6 Å². The fourth-order valence-electron chi connectivity index (χ4n) is 5.34. The molecule has 134 valence electrons. The fraction of sp³-hybridized carbons (Fsp3) is 0.636. The number of esters is 1. The summed E-state index contributed by atoms with van der Waals surface area (Å²) in [4.78, 5) is 11.6. The van der Waals surface area contributed by atoms with Gasteiger partial charge < -0.3 is 4.74 Å². The molecular formula is C22H29NO2. The standard InChI is InChI=1S/C22H29NO2/c1-14(2)17-11-16-7-8-20-21(4,13-23)9-6-10-22(20,5)18(16)12-19(17)25-15(3)24/h11-12,14,20H,6-10H2,1-5H3/t20-,21-,22+/m0/s1. The van der Waals surface area contributed by atoms with E-state index in [9.17, 15) is 10.1 Å². The molecule has 0 aromatic heterocycles. The topological polar surface area (TPSA) is 50.1 Å². The van der Waals surface area contributed by atoms with Crippen molar-refractivity contribution in [1.82, 2.24) is 0 Å². The number of carbonyl (C=O) groups excluding carboxylic acids is 1. The predicted octanol–water partition coefficient (Wildman–Crippen LogP) is 5.27. The molecule has 1 saturated carbocycles. The summed E-state index contributed by atoms with van der Waals surface area (Å²) in [6, 6.07) is 6.99. The average Bonchev–Trinajstić information content (AvgIpc) is 2.54. The highest BCUT2D eigenvalue weighted by molar-refractivity contribution is 5.70. The van der Waals surface area contributed by atoms with Crippen LogP contribution in [0.5, 0.6) is 5.75 Å². The summed E-state index contributed by atoms with van der Waals surface area (Å²) in [5.74, 6) is 1.10. The number of aryl methyl sites for hydroxylation is 1. The molecule has 2 aliphatic carbocycles. The number of hydrogen-bond donors (Lipinski definition) is 0. The van der Waals surface area contributed by atoms with Gasteiger partial charge in [-0.1, -0.05) is 33.3 Å². The predicted molar refractivity (Wildman–Crippen MR) is 98.6 cm³/mol. The molecule has 1 aromatic rings. The van der Waals surface area contributed by atoms with E-state index in [-0.39, 0.29) is 16.8 Å². The van der Waals surface area contributed by atoms with E-state index in [2.05, 4.69) is 45.9 Å².